The summed E-state index contributed by atoms with van der Waals surface area (Å²) in [4.78, 5) is 4.14. The summed E-state index contributed by atoms with van der Waals surface area (Å²) in [6.07, 6.45) is 1.04. The molecule has 4 heteroatoms. The Morgan fingerprint density at radius 2 is 1.50 bits per heavy atom. The van der Waals surface area contributed by atoms with Crippen molar-refractivity contribution in [1.29, 1.82) is 0 Å². The molecule has 0 heterocycles. The molecule has 0 aliphatic heterocycles. The van der Waals surface area contributed by atoms with E-state index in [4.69, 9.17) is 10.2 Å². The van der Waals surface area contributed by atoms with E-state index in [2.05, 4.69) is 4.90 Å². The van der Waals surface area contributed by atoms with Gasteiger partial charge in [0.05, 0.1) is 18.8 Å². The molecule has 4 nitrogen and oxygen atoms in total. The highest BCUT2D eigenvalue weighted by atomic mass is 16.3. The lowest BCUT2D eigenvalue weighted by Gasteiger charge is -2.35. The Morgan fingerprint density at radius 1 is 1.00 bits per heavy atom. The van der Waals surface area contributed by atoms with Gasteiger partial charge in [-0.3, -0.25) is 4.90 Å². The van der Waals surface area contributed by atoms with Crippen LogP contribution in [0.5, 0.6) is 0 Å². The molecule has 0 aromatic heterocycles. The van der Waals surface area contributed by atoms with E-state index < -0.39 is 5.54 Å². The molecule has 0 radical (unpaired) electrons. The van der Waals surface area contributed by atoms with Gasteiger partial charge in [0, 0.05) is 0 Å². The first-order valence-corrected chi connectivity index (χ1v) is 5.04. The summed E-state index contributed by atoms with van der Waals surface area (Å²) in [6.45, 7) is 3.75. The molecule has 0 aliphatic carbocycles. The Kier molecular flexibility index (Phi) is 6.27. The van der Waals surface area contributed by atoms with Crippen molar-refractivity contribution in [3.8, 4) is 0 Å². The number of likely N-dealkylation sites (N-methyl/N-ethyl adjacent to an activating group) is 1. The van der Waals surface area contributed by atoms with Crippen molar-refractivity contribution in [3.05, 3.63) is 0 Å². The zero-order chi connectivity index (χ0) is 11.2. The Hall–Kier alpha value is -0.160. The topological polar surface area (TPSA) is 46.9 Å². The molecule has 0 bridgehead atoms. The molecule has 0 aromatic rings. The Labute approximate surface area is 87.1 Å². The van der Waals surface area contributed by atoms with E-state index in [1.54, 1.807) is 0 Å². The van der Waals surface area contributed by atoms with Crippen molar-refractivity contribution in [1.82, 2.24) is 9.80 Å². The van der Waals surface area contributed by atoms with E-state index in [1.807, 2.05) is 33.0 Å². The summed E-state index contributed by atoms with van der Waals surface area (Å²) in [5.41, 5.74) is -0.494. The lowest BCUT2D eigenvalue weighted by molar-refractivity contribution is 0.0142. The van der Waals surface area contributed by atoms with E-state index >= 15 is 0 Å². The molecule has 86 valence electrons. The first kappa shape index (κ1) is 13.8. The van der Waals surface area contributed by atoms with Crippen LogP contribution in [0.25, 0.3) is 0 Å². The minimum atomic E-state index is -0.494. The summed E-state index contributed by atoms with van der Waals surface area (Å²) in [7, 11) is 6.01. The van der Waals surface area contributed by atoms with Crippen LogP contribution in [0.3, 0.4) is 0 Å². The second-order valence-electron chi connectivity index (χ2n) is 4.39. The molecular weight excluding hydrogens is 180 g/mol. The second kappa shape index (κ2) is 6.35. The van der Waals surface area contributed by atoms with E-state index in [0.717, 1.165) is 19.5 Å². The third-order valence-corrected chi connectivity index (χ3v) is 2.70. The summed E-state index contributed by atoms with van der Waals surface area (Å²) >= 11 is 0. The average Bonchev–Trinajstić information content (AvgIpc) is 2.15. The number of aliphatic hydroxyl groups excluding tert-OH is 2. The van der Waals surface area contributed by atoms with E-state index in [0.29, 0.717) is 0 Å². The van der Waals surface area contributed by atoms with Gasteiger partial charge in [-0.1, -0.05) is 0 Å². The van der Waals surface area contributed by atoms with Crippen LogP contribution in [-0.4, -0.2) is 73.0 Å². The van der Waals surface area contributed by atoms with Gasteiger partial charge in [0.15, 0.2) is 0 Å². The fraction of sp³-hybridized carbons (Fsp3) is 1.00. The first-order chi connectivity index (χ1) is 6.46. The lowest BCUT2D eigenvalue weighted by atomic mass is 10.0. The number of hydrogen-bond acceptors (Lipinski definition) is 4. The maximum Gasteiger partial charge on any atom is 0.0642 e. The standard InChI is InChI=1S/C10H24N2O2/c1-10(8-13,9-14)12(4)7-5-6-11(2)3/h13-14H,5-9H2,1-4H3. The quantitative estimate of drug-likeness (QED) is 0.593. The first-order valence-electron chi connectivity index (χ1n) is 5.04. The third kappa shape index (κ3) is 4.37. The van der Waals surface area contributed by atoms with Gasteiger partial charge in [-0.2, -0.15) is 0 Å². The highest BCUT2D eigenvalue weighted by Crippen LogP contribution is 2.11. The van der Waals surface area contributed by atoms with Crippen molar-refractivity contribution in [2.45, 2.75) is 18.9 Å². The van der Waals surface area contributed by atoms with Gasteiger partial charge >= 0.3 is 0 Å². The van der Waals surface area contributed by atoms with Crippen molar-refractivity contribution in [2.75, 3.05) is 47.4 Å². The molecule has 0 atom stereocenters. The molecule has 0 spiro atoms. The van der Waals surface area contributed by atoms with Gasteiger partial charge in [-0.25, -0.2) is 0 Å². The minimum Gasteiger partial charge on any atom is -0.394 e. The largest absolute Gasteiger partial charge is 0.394 e. The SMILES string of the molecule is CN(C)CCCN(C)C(C)(CO)CO. The van der Waals surface area contributed by atoms with Crippen LogP contribution in [-0.2, 0) is 0 Å². The van der Waals surface area contributed by atoms with E-state index in [1.165, 1.54) is 0 Å². The van der Waals surface area contributed by atoms with Crippen LogP contribution in [0.2, 0.25) is 0 Å². The minimum absolute atomic E-state index is 0.0119. The second-order valence-corrected chi connectivity index (χ2v) is 4.39. The predicted octanol–water partition coefficient (Wildman–Crippen LogP) is -0.387. The van der Waals surface area contributed by atoms with Crippen LogP contribution in [0.1, 0.15) is 13.3 Å². The van der Waals surface area contributed by atoms with Crippen LogP contribution in [0.15, 0.2) is 0 Å². The Balaban J connectivity index is 3.87. The fourth-order valence-electron chi connectivity index (χ4n) is 1.19. The Morgan fingerprint density at radius 3 is 1.86 bits per heavy atom. The van der Waals surface area contributed by atoms with Crippen molar-refractivity contribution >= 4 is 0 Å². The van der Waals surface area contributed by atoms with Crippen molar-refractivity contribution in [3.63, 3.8) is 0 Å². The molecule has 0 unspecified atom stereocenters. The lowest BCUT2D eigenvalue weighted by Crippen LogP contribution is -2.50. The summed E-state index contributed by atoms with van der Waals surface area (Å²) < 4.78 is 0. The Bertz CT molecular complexity index is 147. The predicted molar refractivity (Wildman–Crippen MR) is 58.4 cm³/mol. The van der Waals surface area contributed by atoms with E-state index in [-0.39, 0.29) is 13.2 Å². The highest BCUT2D eigenvalue weighted by molar-refractivity contribution is 4.82. The van der Waals surface area contributed by atoms with Gasteiger partial charge < -0.3 is 15.1 Å². The maximum atomic E-state index is 9.15. The summed E-state index contributed by atoms with van der Waals surface area (Å²) in [5.74, 6) is 0. The monoisotopic (exact) mass is 204 g/mol. The average molecular weight is 204 g/mol. The van der Waals surface area contributed by atoms with Gasteiger partial charge in [0.2, 0.25) is 0 Å². The van der Waals surface area contributed by atoms with E-state index in [9.17, 15) is 0 Å². The molecule has 0 amide bonds. The smallest absolute Gasteiger partial charge is 0.0642 e. The maximum absolute atomic E-state index is 9.15. The van der Waals surface area contributed by atoms with Crippen LogP contribution < -0.4 is 0 Å². The molecule has 0 fully saturated rings. The van der Waals surface area contributed by atoms with Crippen molar-refractivity contribution in [2.24, 2.45) is 0 Å². The van der Waals surface area contributed by atoms with Gasteiger partial charge in [0.1, 0.15) is 0 Å². The number of nitrogens with zero attached hydrogens (tertiary/aromatic N) is 2. The van der Waals surface area contributed by atoms with Crippen molar-refractivity contribution < 1.29 is 10.2 Å². The summed E-state index contributed by atoms with van der Waals surface area (Å²) in [6, 6.07) is 0. The number of aliphatic hydroxyl groups is 2. The van der Waals surface area contributed by atoms with Gasteiger partial charge in [-0.05, 0) is 47.6 Å². The number of hydrogen-bond donors (Lipinski definition) is 2. The zero-order valence-corrected chi connectivity index (χ0v) is 9.82. The molecular formula is C10H24N2O2. The molecule has 0 saturated heterocycles. The van der Waals surface area contributed by atoms with Crippen LogP contribution in [0.4, 0.5) is 0 Å². The zero-order valence-electron chi connectivity index (χ0n) is 9.82. The van der Waals surface area contributed by atoms with Crippen LogP contribution in [0, 0.1) is 0 Å². The fourth-order valence-corrected chi connectivity index (χ4v) is 1.19. The molecule has 0 rings (SSSR count). The summed E-state index contributed by atoms with van der Waals surface area (Å²) in [5, 5.41) is 18.3. The molecule has 0 saturated carbocycles. The molecule has 0 aromatic carbocycles. The molecule has 14 heavy (non-hydrogen) atoms. The number of rotatable bonds is 7. The highest BCUT2D eigenvalue weighted by Gasteiger charge is 2.26. The van der Waals surface area contributed by atoms with Crippen LogP contribution >= 0.6 is 0 Å². The van der Waals surface area contributed by atoms with Gasteiger partial charge in [-0.15, -0.1) is 0 Å². The molecule has 2 N–H and O–H groups in total. The molecule has 0 aliphatic rings. The normalized spacial score (nSPS) is 12.9. The third-order valence-electron chi connectivity index (χ3n) is 2.70. The van der Waals surface area contributed by atoms with Gasteiger partial charge in [0.25, 0.3) is 0 Å².